The van der Waals surface area contributed by atoms with Crippen molar-refractivity contribution >= 4 is 79.4 Å². The molecule has 11 nitrogen and oxygen atoms in total. The summed E-state index contributed by atoms with van der Waals surface area (Å²) in [5.74, 6) is -0.807. The summed E-state index contributed by atoms with van der Waals surface area (Å²) in [6.07, 6.45) is 0. The van der Waals surface area contributed by atoms with Crippen LogP contribution >= 0.6 is 0 Å². The number of rotatable bonds is 5. The first-order valence-corrected chi connectivity index (χ1v) is 8.53. The Balaban J connectivity index is 0.00000364. The molecule has 0 spiro atoms. The van der Waals surface area contributed by atoms with Gasteiger partial charge in [-0.15, -0.1) is 0 Å². The average Bonchev–Trinajstić information content (AvgIpc) is 2.59. The van der Waals surface area contributed by atoms with Gasteiger partial charge in [0.15, 0.2) is 0 Å². The van der Waals surface area contributed by atoms with E-state index in [1.54, 1.807) is 4.72 Å². The molecule has 2 aromatic rings. The molecule has 13 heteroatoms. The molecule has 2 N–H and O–H groups in total. The molecule has 2 rings (SSSR count). The minimum absolute atomic E-state index is 0. The molecule has 140 valence electrons. The van der Waals surface area contributed by atoms with Crippen LogP contribution in [0.15, 0.2) is 29.2 Å². The predicted octanol–water partition coefficient (Wildman–Crippen LogP) is -0.163. The maximum absolute atomic E-state index is 12.4. The predicted molar refractivity (Wildman–Crippen MR) is 95.4 cm³/mol. The van der Waals surface area contributed by atoms with Gasteiger partial charge in [0.2, 0.25) is 5.95 Å². The number of ether oxygens (including phenoxy) is 2. The second-order valence-corrected chi connectivity index (χ2v) is 6.39. The number of aromatic nitrogens is 3. The number of nitrogens with zero attached hydrogens (tertiary/aromatic N) is 3. The Morgan fingerprint density at radius 1 is 1.07 bits per heavy atom. The zero-order valence-electron chi connectivity index (χ0n) is 14.0. The molecule has 0 saturated carbocycles. The maximum atomic E-state index is 12.4. The molecular weight excluding hydrogens is 405 g/mol. The summed E-state index contributed by atoms with van der Waals surface area (Å²) in [5.41, 5.74) is -0.215. The van der Waals surface area contributed by atoms with Crippen LogP contribution in [0.25, 0.3) is 0 Å². The molecule has 27 heavy (non-hydrogen) atoms. The number of aryl methyl sites for hydroxylation is 1. The van der Waals surface area contributed by atoms with E-state index in [2.05, 4.69) is 25.0 Å². The quantitative estimate of drug-likeness (QED) is 0.496. The van der Waals surface area contributed by atoms with Gasteiger partial charge in [-0.3, -0.25) is 5.32 Å². The standard InChI is InChI=1S/C14H15N5O6S.K.H/c1-8-15-12(18-14(16-8)25-3)17-13(21)19-26(22,23)10-7-5-4-6-9(10)11(20)24-2;;/h4-7H,1-3H3,(H2,15,16,17,18,19,21);;. The number of esters is 1. The number of amides is 2. The van der Waals surface area contributed by atoms with Gasteiger partial charge in [0.1, 0.15) is 10.7 Å². The van der Waals surface area contributed by atoms with Gasteiger partial charge in [0.25, 0.3) is 10.0 Å². The van der Waals surface area contributed by atoms with Crippen LogP contribution in [-0.2, 0) is 14.8 Å². The number of sulfonamides is 1. The second kappa shape index (κ2) is 10.1. The molecule has 0 aliphatic rings. The molecule has 0 fully saturated rings. The number of urea groups is 1. The van der Waals surface area contributed by atoms with Gasteiger partial charge >= 0.3 is 69.4 Å². The number of anilines is 1. The fourth-order valence-electron chi connectivity index (χ4n) is 1.89. The monoisotopic (exact) mass is 421 g/mol. The SMILES string of the molecule is COC(=O)c1ccccc1S(=O)(=O)NC(=O)Nc1nc(C)nc(OC)n1.[KH]. The summed E-state index contributed by atoms with van der Waals surface area (Å²) < 4.78 is 36.0. The van der Waals surface area contributed by atoms with Crippen LogP contribution in [0.4, 0.5) is 10.7 Å². The zero-order valence-corrected chi connectivity index (χ0v) is 14.8. The third-order valence-corrected chi connectivity index (χ3v) is 4.33. The molecule has 0 aliphatic heterocycles. The minimum atomic E-state index is -4.36. The Bertz CT molecular complexity index is 953. The Hall–Kier alpha value is -1.64. The third-order valence-electron chi connectivity index (χ3n) is 2.94. The van der Waals surface area contributed by atoms with E-state index in [0.717, 1.165) is 13.2 Å². The van der Waals surface area contributed by atoms with Crippen molar-refractivity contribution in [2.75, 3.05) is 19.5 Å². The number of nitrogens with one attached hydrogen (secondary N) is 2. The molecule has 2 amide bonds. The van der Waals surface area contributed by atoms with Crippen LogP contribution in [0.3, 0.4) is 0 Å². The molecule has 0 saturated heterocycles. The van der Waals surface area contributed by atoms with Crippen LogP contribution in [0.5, 0.6) is 6.01 Å². The fraction of sp³-hybridized carbons (Fsp3) is 0.214. The van der Waals surface area contributed by atoms with Crippen molar-refractivity contribution in [3.8, 4) is 6.01 Å². The molecule has 0 bridgehead atoms. The average molecular weight is 421 g/mol. The molecule has 0 aliphatic carbocycles. The molecule has 1 heterocycles. The van der Waals surface area contributed by atoms with Crippen molar-refractivity contribution in [2.24, 2.45) is 0 Å². The van der Waals surface area contributed by atoms with Crippen LogP contribution < -0.4 is 14.8 Å². The van der Waals surface area contributed by atoms with Crippen LogP contribution in [0.1, 0.15) is 16.2 Å². The van der Waals surface area contributed by atoms with E-state index in [0.29, 0.717) is 0 Å². The number of methoxy groups -OCH3 is 2. The van der Waals surface area contributed by atoms with E-state index >= 15 is 0 Å². The summed E-state index contributed by atoms with van der Waals surface area (Å²) in [6, 6.07) is 4.12. The Morgan fingerprint density at radius 3 is 2.37 bits per heavy atom. The number of benzene rings is 1. The van der Waals surface area contributed by atoms with Crippen LogP contribution in [0.2, 0.25) is 0 Å². The summed E-state index contributed by atoms with van der Waals surface area (Å²) in [4.78, 5) is 34.7. The molecule has 1 aromatic carbocycles. The first-order valence-electron chi connectivity index (χ1n) is 7.04. The van der Waals surface area contributed by atoms with E-state index in [4.69, 9.17) is 4.74 Å². The van der Waals surface area contributed by atoms with Crippen molar-refractivity contribution in [1.82, 2.24) is 19.7 Å². The zero-order chi connectivity index (χ0) is 19.3. The van der Waals surface area contributed by atoms with Crippen molar-refractivity contribution in [1.29, 1.82) is 0 Å². The first-order chi connectivity index (χ1) is 12.3. The van der Waals surface area contributed by atoms with E-state index in [1.165, 1.54) is 32.2 Å². The number of carbonyl (C=O) groups is 2. The Morgan fingerprint density at radius 2 is 1.74 bits per heavy atom. The van der Waals surface area contributed by atoms with Crippen LogP contribution in [-0.4, -0.2) is 101 Å². The number of hydrogen-bond donors (Lipinski definition) is 2. The fourth-order valence-corrected chi connectivity index (χ4v) is 2.99. The molecule has 0 radical (unpaired) electrons. The second-order valence-electron chi connectivity index (χ2n) is 4.74. The van der Waals surface area contributed by atoms with E-state index < -0.39 is 26.9 Å². The van der Waals surface area contributed by atoms with Gasteiger partial charge in [-0.1, -0.05) is 12.1 Å². The van der Waals surface area contributed by atoms with Crippen molar-refractivity contribution in [3.05, 3.63) is 35.7 Å². The van der Waals surface area contributed by atoms with E-state index in [-0.39, 0.29) is 74.7 Å². The van der Waals surface area contributed by atoms with E-state index in [1.807, 2.05) is 0 Å². The topological polar surface area (TPSA) is 149 Å². The van der Waals surface area contributed by atoms with Gasteiger partial charge < -0.3 is 9.47 Å². The Kier molecular flexibility index (Phi) is 8.71. The summed E-state index contributed by atoms with van der Waals surface area (Å²) in [6.45, 7) is 1.54. The normalized spacial score (nSPS) is 10.3. The van der Waals surface area contributed by atoms with Crippen LogP contribution in [0, 0.1) is 6.92 Å². The Labute approximate surface area is 197 Å². The summed E-state index contributed by atoms with van der Waals surface area (Å²) in [5, 5.41) is 2.16. The van der Waals surface area contributed by atoms with E-state index in [9.17, 15) is 18.0 Å². The number of hydrogen-bond acceptors (Lipinski definition) is 9. The van der Waals surface area contributed by atoms with Gasteiger partial charge in [0.05, 0.1) is 19.8 Å². The molecule has 0 unspecified atom stereocenters. The summed E-state index contributed by atoms with van der Waals surface area (Å²) in [7, 11) is -1.92. The van der Waals surface area contributed by atoms with Gasteiger partial charge in [-0.05, 0) is 19.1 Å². The third kappa shape index (κ3) is 6.19. The molecule has 0 atom stereocenters. The molecular formula is C14H16KN5O6S. The van der Waals surface area contributed by atoms with Gasteiger partial charge in [-0.25, -0.2) is 22.7 Å². The van der Waals surface area contributed by atoms with Gasteiger partial charge in [0, 0.05) is 0 Å². The van der Waals surface area contributed by atoms with Crippen molar-refractivity contribution < 1.29 is 27.5 Å². The van der Waals surface area contributed by atoms with Crippen molar-refractivity contribution in [2.45, 2.75) is 11.8 Å². The summed E-state index contributed by atoms with van der Waals surface area (Å²) >= 11 is 0. The van der Waals surface area contributed by atoms with Gasteiger partial charge in [-0.2, -0.15) is 15.0 Å². The van der Waals surface area contributed by atoms with Crippen molar-refractivity contribution in [3.63, 3.8) is 0 Å². The molecule has 1 aromatic heterocycles. The first kappa shape index (κ1) is 23.4. The number of carbonyl (C=O) groups excluding carboxylic acids is 2.